The molecule has 0 aliphatic carbocycles. The number of likely N-dealkylation sites (tertiary alicyclic amines) is 1. The number of piperidine rings is 1. The summed E-state index contributed by atoms with van der Waals surface area (Å²) in [6, 6.07) is 7.88. The van der Waals surface area contributed by atoms with Gasteiger partial charge < -0.3 is 15.2 Å². The zero-order valence-corrected chi connectivity index (χ0v) is 12.5. The predicted octanol–water partition coefficient (Wildman–Crippen LogP) is 0.811. The number of aliphatic hydroxyl groups excluding tert-OH is 1. The van der Waals surface area contributed by atoms with Crippen LogP contribution in [0, 0.1) is 0 Å². The van der Waals surface area contributed by atoms with Crippen molar-refractivity contribution < 1.29 is 14.6 Å². The van der Waals surface area contributed by atoms with Crippen molar-refractivity contribution in [3.05, 3.63) is 29.8 Å². The molecule has 1 fully saturated rings. The normalized spacial score (nSPS) is 16.7. The zero-order valence-electron chi connectivity index (χ0n) is 12.5. The fourth-order valence-corrected chi connectivity index (χ4v) is 2.47. The highest BCUT2D eigenvalue weighted by atomic mass is 16.5. The molecule has 1 aliphatic heterocycles. The van der Waals surface area contributed by atoms with E-state index in [1.54, 1.807) is 7.11 Å². The van der Waals surface area contributed by atoms with Crippen LogP contribution in [0.2, 0.25) is 0 Å². The minimum absolute atomic E-state index is 0.0555. The van der Waals surface area contributed by atoms with Gasteiger partial charge in [-0.15, -0.1) is 0 Å². The van der Waals surface area contributed by atoms with Crippen molar-refractivity contribution in [1.82, 2.24) is 10.2 Å². The number of nitrogens with zero attached hydrogens (tertiary/aromatic N) is 1. The van der Waals surface area contributed by atoms with Crippen LogP contribution in [0.4, 0.5) is 0 Å². The highest BCUT2D eigenvalue weighted by Gasteiger charge is 2.18. The molecule has 0 saturated carbocycles. The van der Waals surface area contributed by atoms with Gasteiger partial charge in [0, 0.05) is 19.6 Å². The van der Waals surface area contributed by atoms with Crippen LogP contribution in [0.5, 0.6) is 5.75 Å². The molecule has 0 spiro atoms. The van der Waals surface area contributed by atoms with E-state index in [0.29, 0.717) is 13.1 Å². The van der Waals surface area contributed by atoms with Crippen LogP contribution in [-0.2, 0) is 11.2 Å². The van der Waals surface area contributed by atoms with Gasteiger partial charge in [-0.2, -0.15) is 0 Å². The Morgan fingerprint density at radius 1 is 1.33 bits per heavy atom. The lowest BCUT2D eigenvalue weighted by atomic mass is 10.1. The second-order valence-electron chi connectivity index (χ2n) is 5.46. The molecule has 1 aliphatic rings. The van der Waals surface area contributed by atoms with Gasteiger partial charge >= 0.3 is 0 Å². The molecule has 2 N–H and O–H groups in total. The van der Waals surface area contributed by atoms with Crippen LogP contribution in [-0.4, -0.2) is 55.3 Å². The summed E-state index contributed by atoms with van der Waals surface area (Å²) >= 11 is 0. The number of methoxy groups -OCH3 is 1. The molecule has 1 heterocycles. The van der Waals surface area contributed by atoms with Crippen LogP contribution in [0.15, 0.2) is 24.3 Å². The number of aliphatic hydroxyl groups is 1. The first-order valence-electron chi connectivity index (χ1n) is 7.47. The van der Waals surface area contributed by atoms with Crippen molar-refractivity contribution in [1.29, 1.82) is 0 Å². The Morgan fingerprint density at radius 2 is 2.00 bits per heavy atom. The van der Waals surface area contributed by atoms with Crippen molar-refractivity contribution >= 4 is 5.91 Å². The summed E-state index contributed by atoms with van der Waals surface area (Å²) < 4.78 is 5.11. The molecule has 0 unspecified atom stereocenters. The smallest absolute Gasteiger partial charge is 0.234 e. The third kappa shape index (κ3) is 5.36. The molecule has 0 radical (unpaired) electrons. The number of carbonyl (C=O) groups excluding carboxylic acids is 1. The fourth-order valence-electron chi connectivity index (χ4n) is 2.47. The van der Waals surface area contributed by atoms with E-state index in [0.717, 1.165) is 38.1 Å². The van der Waals surface area contributed by atoms with Gasteiger partial charge in [0.1, 0.15) is 5.75 Å². The first-order valence-corrected chi connectivity index (χ1v) is 7.47. The number of hydrogen-bond donors (Lipinski definition) is 2. The van der Waals surface area contributed by atoms with Crippen LogP contribution in [0.25, 0.3) is 0 Å². The van der Waals surface area contributed by atoms with E-state index in [2.05, 4.69) is 10.2 Å². The van der Waals surface area contributed by atoms with Crippen LogP contribution in [0.1, 0.15) is 18.4 Å². The fraction of sp³-hybridized carbons (Fsp3) is 0.562. The molecular weight excluding hydrogens is 268 g/mol. The van der Waals surface area contributed by atoms with Gasteiger partial charge in [-0.25, -0.2) is 0 Å². The molecule has 5 nitrogen and oxygen atoms in total. The summed E-state index contributed by atoms with van der Waals surface area (Å²) in [5.41, 5.74) is 1.18. The van der Waals surface area contributed by atoms with Crippen LogP contribution >= 0.6 is 0 Å². The second-order valence-corrected chi connectivity index (χ2v) is 5.46. The van der Waals surface area contributed by atoms with Crippen molar-refractivity contribution in [3.8, 4) is 5.75 Å². The zero-order chi connectivity index (χ0) is 15.1. The Hall–Kier alpha value is -1.59. The van der Waals surface area contributed by atoms with E-state index in [4.69, 9.17) is 4.74 Å². The number of hydrogen-bond acceptors (Lipinski definition) is 4. The summed E-state index contributed by atoms with van der Waals surface area (Å²) in [7, 11) is 1.65. The maximum absolute atomic E-state index is 11.8. The molecule has 21 heavy (non-hydrogen) atoms. The summed E-state index contributed by atoms with van der Waals surface area (Å²) in [5, 5.41) is 12.4. The first-order chi connectivity index (χ1) is 10.2. The highest BCUT2D eigenvalue weighted by molar-refractivity contribution is 5.78. The molecule has 5 heteroatoms. The lowest BCUT2D eigenvalue weighted by molar-refractivity contribution is -0.122. The van der Waals surface area contributed by atoms with Crippen molar-refractivity contribution in [2.24, 2.45) is 0 Å². The van der Waals surface area contributed by atoms with Gasteiger partial charge in [-0.1, -0.05) is 12.1 Å². The average molecular weight is 292 g/mol. The predicted molar refractivity (Wildman–Crippen MR) is 81.4 cm³/mol. The quantitative estimate of drug-likeness (QED) is 0.814. The van der Waals surface area contributed by atoms with E-state index in [1.165, 1.54) is 5.56 Å². The van der Waals surface area contributed by atoms with Gasteiger partial charge in [-0.3, -0.25) is 9.69 Å². The lowest BCUT2D eigenvalue weighted by Gasteiger charge is -2.28. The minimum atomic E-state index is -0.195. The number of amides is 1. The molecule has 0 aromatic heterocycles. The van der Waals surface area contributed by atoms with Gasteiger partial charge in [0.2, 0.25) is 5.91 Å². The average Bonchev–Trinajstić information content (AvgIpc) is 2.50. The Balaban J connectivity index is 1.64. The molecule has 1 aromatic carbocycles. The third-order valence-electron chi connectivity index (χ3n) is 3.82. The lowest BCUT2D eigenvalue weighted by Crippen LogP contribution is -2.42. The standard InChI is InChI=1S/C16H24N2O3/c1-21-15-4-2-13(3-5-15)6-9-17-16(20)12-18-10-7-14(19)8-11-18/h2-5,14,19H,6-12H2,1H3,(H,17,20). The topological polar surface area (TPSA) is 61.8 Å². The van der Waals surface area contributed by atoms with E-state index in [-0.39, 0.29) is 12.0 Å². The molecular formula is C16H24N2O3. The van der Waals surface area contributed by atoms with Crippen molar-refractivity contribution in [2.75, 3.05) is 33.3 Å². The summed E-state index contributed by atoms with van der Waals surface area (Å²) in [5.74, 6) is 0.898. The molecule has 1 saturated heterocycles. The number of nitrogens with one attached hydrogen (secondary N) is 1. The van der Waals surface area contributed by atoms with Gasteiger partial charge in [0.05, 0.1) is 19.8 Å². The molecule has 1 aromatic rings. The van der Waals surface area contributed by atoms with E-state index < -0.39 is 0 Å². The van der Waals surface area contributed by atoms with E-state index in [1.807, 2.05) is 24.3 Å². The Morgan fingerprint density at radius 3 is 2.62 bits per heavy atom. The Kier molecular flexibility index (Phi) is 6.02. The van der Waals surface area contributed by atoms with Gasteiger partial charge in [0.25, 0.3) is 0 Å². The largest absolute Gasteiger partial charge is 0.497 e. The summed E-state index contributed by atoms with van der Waals surface area (Å²) in [6.07, 6.45) is 2.14. The highest BCUT2D eigenvalue weighted by Crippen LogP contribution is 2.11. The van der Waals surface area contributed by atoms with Crippen LogP contribution in [0.3, 0.4) is 0 Å². The molecule has 116 valence electrons. The number of benzene rings is 1. The SMILES string of the molecule is COc1ccc(CCNC(=O)CN2CCC(O)CC2)cc1. The third-order valence-corrected chi connectivity index (χ3v) is 3.82. The Bertz CT molecular complexity index is 439. The van der Waals surface area contributed by atoms with Crippen LogP contribution < -0.4 is 10.1 Å². The monoisotopic (exact) mass is 292 g/mol. The minimum Gasteiger partial charge on any atom is -0.497 e. The Labute approximate surface area is 125 Å². The van der Waals surface area contributed by atoms with Crippen molar-refractivity contribution in [3.63, 3.8) is 0 Å². The van der Waals surface area contributed by atoms with Gasteiger partial charge in [0.15, 0.2) is 0 Å². The molecule has 1 amide bonds. The molecule has 0 atom stereocenters. The summed E-state index contributed by atoms with van der Waals surface area (Å²) in [4.78, 5) is 13.9. The van der Waals surface area contributed by atoms with E-state index in [9.17, 15) is 9.90 Å². The van der Waals surface area contributed by atoms with E-state index >= 15 is 0 Å². The number of rotatable bonds is 6. The first kappa shape index (κ1) is 15.8. The maximum atomic E-state index is 11.8. The summed E-state index contributed by atoms with van der Waals surface area (Å²) in [6.45, 7) is 2.66. The second kappa shape index (κ2) is 8.00. The van der Waals surface area contributed by atoms with Crippen molar-refractivity contribution in [2.45, 2.75) is 25.4 Å². The molecule has 2 rings (SSSR count). The van der Waals surface area contributed by atoms with Gasteiger partial charge in [-0.05, 0) is 37.0 Å². The number of carbonyl (C=O) groups is 1. The number of ether oxygens (including phenoxy) is 1. The maximum Gasteiger partial charge on any atom is 0.234 e. The molecule has 0 bridgehead atoms.